The Morgan fingerprint density at radius 1 is 1.35 bits per heavy atom. The number of fused-ring (bicyclic) bond motifs is 1. The van der Waals surface area contributed by atoms with Crippen molar-refractivity contribution in [3.8, 4) is 0 Å². The number of nitrogens with two attached hydrogens (primary N) is 1. The number of nitrogens with zero attached hydrogens (tertiary/aromatic N) is 1. The largest absolute Gasteiger partial charge is 0.352 e. The van der Waals surface area contributed by atoms with Crippen molar-refractivity contribution < 1.29 is 4.79 Å². The molecule has 1 atom stereocenters. The number of nitrogens with one attached hydrogen (secondary N) is 2. The average molecular weight is 399 g/mol. The SMILES string of the molecule is CC(C)CC(CN)NC(=O)CCSCc1nc2ccccc2c(=O)[nH]1.Cl. The van der Waals surface area contributed by atoms with E-state index in [1.807, 2.05) is 18.2 Å². The molecule has 8 heteroatoms. The van der Waals surface area contributed by atoms with Crippen LogP contribution in [0.2, 0.25) is 0 Å². The zero-order chi connectivity index (χ0) is 18.2. The van der Waals surface area contributed by atoms with Crippen molar-refractivity contribution in [2.75, 3.05) is 12.3 Å². The molecule has 1 aromatic carbocycles. The fourth-order valence-corrected chi connectivity index (χ4v) is 3.42. The van der Waals surface area contributed by atoms with Crippen molar-refractivity contribution in [3.05, 3.63) is 40.4 Å². The minimum atomic E-state index is -0.126. The summed E-state index contributed by atoms with van der Waals surface area (Å²) in [5.41, 5.74) is 6.26. The Hall–Kier alpha value is -1.57. The van der Waals surface area contributed by atoms with Gasteiger partial charge in [-0.15, -0.1) is 12.4 Å². The van der Waals surface area contributed by atoms with Crippen molar-refractivity contribution in [2.45, 2.75) is 38.5 Å². The highest BCUT2D eigenvalue weighted by molar-refractivity contribution is 7.98. The summed E-state index contributed by atoms with van der Waals surface area (Å²) in [6.45, 7) is 4.68. The summed E-state index contributed by atoms with van der Waals surface area (Å²) < 4.78 is 0. The van der Waals surface area contributed by atoms with Crippen LogP contribution in [0.3, 0.4) is 0 Å². The number of carbonyl (C=O) groups excluding carboxylic acids is 1. The van der Waals surface area contributed by atoms with E-state index >= 15 is 0 Å². The molecule has 0 spiro atoms. The molecule has 0 aliphatic carbocycles. The summed E-state index contributed by atoms with van der Waals surface area (Å²) in [5.74, 6) is 2.39. The number of aromatic amines is 1. The number of hydrogen-bond donors (Lipinski definition) is 3. The molecule has 6 nitrogen and oxygen atoms in total. The lowest BCUT2D eigenvalue weighted by Gasteiger charge is -2.18. The second-order valence-corrected chi connectivity index (χ2v) is 7.57. The molecule has 1 unspecified atom stereocenters. The maximum atomic E-state index is 12.0. The molecule has 26 heavy (non-hydrogen) atoms. The number of carbonyl (C=O) groups is 1. The quantitative estimate of drug-likeness (QED) is 0.563. The van der Waals surface area contributed by atoms with Gasteiger partial charge in [0, 0.05) is 24.8 Å². The number of para-hydroxylation sites is 1. The molecule has 2 rings (SSSR count). The lowest BCUT2D eigenvalue weighted by atomic mass is 10.0. The summed E-state index contributed by atoms with van der Waals surface area (Å²) in [6.07, 6.45) is 1.31. The highest BCUT2D eigenvalue weighted by atomic mass is 35.5. The molecule has 144 valence electrons. The summed E-state index contributed by atoms with van der Waals surface area (Å²) in [4.78, 5) is 31.2. The molecule has 0 saturated heterocycles. The van der Waals surface area contributed by atoms with Gasteiger partial charge >= 0.3 is 0 Å². The van der Waals surface area contributed by atoms with Gasteiger partial charge in [-0.2, -0.15) is 11.8 Å². The predicted molar refractivity (Wildman–Crippen MR) is 111 cm³/mol. The molecular weight excluding hydrogens is 372 g/mol. The van der Waals surface area contributed by atoms with E-state index in [0.717, 1.165) is 6.42 Å². The van der Waals surface area contributed by atoms with Gasteiger partial charge in [0.25, 0.3) is 5.56 Å². The monoisotopic (exact) mass is 398 g/mol. The van der Waals surface area contributed by atoms with Crippen LogP contribution in [-0.2, 0) is 10.5 Å². The second-order valence-electron chi connectivity index (χ2n) is 6.46. The molecule has 0 aliphatic rings. The number of H-pyrrole nitrogens is 1. The van der Waals surface area contributed by atoms with Crippen LogP contribution in [0.5, 0.6) is 0 Å². The molecule has 0 aliphatic heterocycles. The fourth-order valence-electron chi connectivity index (χ4n) is 2.62. The van der Waals surface area contributed by atoms with Gasteiger partial charge in [0.1, 0.15) is 5.82 Å². The van der Waals surface area contributed by atoms with Crippen LogP contribution in [0.4, 0.5) is 0 Å². The maximum Gasteiger partial charge on any atom is 0.258 e. The van der Waals surface area contributed by atoms with Crippen LogP contribution >= 0.6 is 24.2 Å². The summed E-state index contributed by atoms with van der Waals surface area (Å²) >= 11 is 1.58. The van der Waals surface area contributed by atoms with E-state index in [1.54, 1.807) is 17.8 Å². The van der Waals surface area contributed by atoms with Gasteiger partial charge in [-0.25, -0.2) is 4.98 Å². The fraction of sp³-hybridized carbons (Fsp3) is 0.500. The summed E-state index contributed by atoms with van der Waals surface area (Å²) in [7, 11) is 0. The lowest BCUT2D eigenvalue weighted by molar-refractivity contribution is -0.121. The van der Waals surface area contributed by atoms with Crippen molar-refractivity contribution in [3.63, 3.8) is 0 Å². The van der Waals surface area contributed by atoms with E-state index in [2.05, 4.69) is 29.1 Å². The zero-order valence-electron chi connectivity index (χ0n) is 15.2. The van der Waals surface area contributed by atoms with E-state index in [1.165, 1.54) is 0 Å². The normalized spacial score (nSPS) is 12.0. The topological polar surface area (TPSA) is 101 Å². The van der Waals surface area contributed by atoms with Gasteiger partial charge in [-0.1, -0.05) is 26.0 Å². The maximum absolute atomic E-state index is 12.0. The molecule has 2 aromatic rings. The molecule has 0 fully saturated rings. The second kappa shape index (κ2) is 11.2. The van der Waals surface area contributed by atoms with Crippen molar-refractivity contribution in [2.24, 2.45) is 11.7 Å². The first-order valence-corrected chi connectivity index (χ1v) is 9.70. The van der Waals surface area contributed by atoms with Gasteiger partial charge in [0.05, 0.1) is 16.7 Å². The molecule has 1 heterocycles. The highest BCUT2D eigenvalue weighted by Crippen LogP contribution is 2.12. The van der Waals surface area contributed by atoms with Gasteiger partial charge in [-0.05, 0) is 24.5 Å². The van der Waals surface area contributed by atoms with Crippen molar-refractivity contribution in [1.82, 2.24) is 15.3 Å². The molecule has 1 amide bonds. The van der Waals surface area contributed by atoms with Crippen LogP contribution in [0.25, 0.3) is 10.9 Å². The number of aromatic nitrogens is 2. The third-order valence-electron chi connectivity index (χ3n) is 3.78. The summed E-state index contributed by atoms with van der Waals surface area (Å²) in [6, 6.07) is 7.30. The van der Waals surface area contributed by atoms with E-state index in [0.29, 0.717) is 47.1 Å². The molecule has 0 saturated carbocycles. The summed E-state index contributed by atoms with van der Waals surface area (Å²) in [5, 5.41) is 3.57. The number of rotatable bonds is 9. The number of amides is 1. The van der Waals surface area contributed by atoms with E-state index in [4.69, 9.17) is 5.73 Å². The Morgan fingerprint density at radius 3 is 2.77 bits per heavy atom. The van der Waals surface area contributed by atoms with Gasteiger partial charge in [0.2, 0.25) is 5.91 Å². The first kappa shape index (κ1) is 22.5. The number of thioether (sulfide) groups is 1. The minimum absolute atomic E-state index is 0. The van der Waals surface area contributed by atoms with E-state index in [-0.39, 0.29) is 29.9 Å². The number of hydrogen-bond acceptors (Lipinski definition) is 5. The third-order valence-corrected chi connectivity index (χ3v) is 4.75. The Bertz CT molecular complexity index is 766. The number of halogens is 1. The number of benzene rings is 1. The minimum Gasteiger partial charge on any atom is -0.352 e. The third kappa shape index (κ3) is 6.97. The highest BCUT2D eigenvalue weighted by Gasteiger charge is 2.12. The first-order valence-electron chi connectivity index (χ1n) is 8.54. The van der Waals surface area contributed by atoms with E-state index in [9.17, 15) is 9.59 Å². The molecule has 0 radical (unpaired) electrons. The Morgan fingerprint density at radius 2 is 2.08 bits per heavy atom. The average Bonchev–Trinajstić information content (AvgIpc) is 2.58. The van der Waals surface area contributed by atoms with Crippen LogP contribution in [0, 0.1) is 5.92 Å². The Balaban J connectivity index is 0.00000338. The molecule has 4 N–H and O–H groups in total. The standard InChI is InChI=1S/C18H26N4O2S.ClH/c1-12(2)9-13(10-19)20-17(23)7-8-25-11-16-21-15-6-4-3-5-14(15)18(24)22-16;/h3-6,12-13H,7-11,19H2,1-2H3,(H,20,23)(H,21,22,24);1H. The van der Waals surface area contributed by atoms with E-state index < -0.39 is 0 Å². The first-order chi connectivity index (χ1) is 12.0. The molecular formula is C18H27ClN4O2S. The molecule has 0 bridgehead atoms. The van der Waals surface area contributed by atoms with Gasteiger partial charge in [-0.3, -0.25) is 9.59 Å². The van der Waals surface area contributed by atoms with Crippen molar-refractivity contribution >= 4 is 41.0 Å². The predicted octanol–water partition coefficient (Wildman–Crippen LogP) is 2.46. The Labute approximate surface area is 164 Å². The smallest absolute Gasteiger partial charge is 0.258 e. The Kier molecular flexibility index (Phi) is 9.69. The zero-order valence-corrected chi connectivity index (χ0v) is 16.8. The van der Waals surface area contributed by atoms with Crippen LogP contribution in [-0.4, -0.2) is 34.2 Å². The van der Waals surface area contributed by atoms with Crippen molar-refractivity contribution in [1.29, 1.82) is 0 Å². The molecule has 1 aromatic heterocycles. The van der Waals surface area contributed by atoms with Gasteiger partial charge in [0.15, 0.2) is 0 Å². The van der Waals surface area contributed by atoms with Crippen LogP contribution in [0.15, 0.2) is 29.1 Å². The van der Waals surface area contributed by atoms with Gasteiger partial charge < -0.3 is 16.0 Å². The lowest BCUT2D eigenvalue weighted by Crippen LogP contribution is -2.41. The van der Waals surface area contributed by atoms with Crippen LogP contribution < -0.4 is 16.6 Å². The van der Waals surface area contributed by atoms with Crippen LogP contribution in [0.1, 0.15) is 32.5 Å².